The lowest BCUT2D eigenvalue weighted by molar-refractivity contribution is -0.0263. The van der Waals surface area contributed by atoms with Crippen LogP contribution in [0.5, 0.6) is 0 Å². The molecule has 2 atom stereocenters. The van der Waals surface area contributed by atoms with Crippen molar-refractivity contribution in [2.45, 2.75) is 44.3 Å². The summed E-state index contributed by atoms with van der Waals surface area (Å²) in [6.45, 7) is 4.47. The third-order valence-corrected chi connectivity index (χ3v) is 8.51. The van der Waals surface area contributed by atoms with E-state index in [-0.39, 0.29) is 13.1 Å². The first-order chi connectivity index (χ1) is 18.9. The lowest BCUT2D eigenvalue weighted by Gasteiger charge is -2.57. The number of fused-ring (bicyclic) bond motifs is 3. The number of piperazine rings is 1. The Kier molecular flexibility index (Phi) is 5.56. The molecule has 2 bridgehead atoms. The molecule has 0 aliphatic carbocycles. The summed E-state index contributed by atoms with van der Waals surface area (Å²) in [5.74, 6) is -1.74. The van der Waals surface area contributed by atoms with Gasteiger partial charge in [-0.1, -0.05) is 31.2 Å². The maximum absolute atomic E-state index is 13.6. The molecule has 7 nitrogen and oxygen atoms in total. The monoisotopic (exact) mass is 525 g/mol. The first-order valence-electron chi connectivity index (χ1n) is 13.5. The first-order valence-corrected chi connectivity index (χ1v) is 13.5. The highest BCUT2D eigenvalue weighted by Gasteiger charge is 2.45. The summed E-state index contributed by atoms with van der Waals surface area (Å²) in [5, 5.41) is 14.0. The highest BCUT2D eigenvalue weighted by Crippen LogP contribution is 2.38. The summed E-state index contributed by atoms with van der Waals surface area (Å²) in [5.41, 5.74) is 6.20. The summed E-state index contributed by atoms with van der Waals surface area (Å²) in [6.07, 6.45) is 7.32. The molecule has 39 heavy (non-hydrogen) atoms. The largest absolute Gasteiger partial charge is 0.358 e. The van der Waals surface area contributed by atoms with Gasteiger partial charge < -0.3 is 9.80 Å². The van der Waals surface area contributed by atoms with Crippen molar-refractivity contribution < 1.29 is 8.78 Å². The van der Waals surface area contributed by atoms with Crippen LogP contribution in [0.3, 0.4) is 0 Å². The highest BCUT2D eigenvalue weighted by molar-refractivity contribution is 5.86. The molecule has 0 radical (unpaired) electrons. The van der Waals surface area contributed by atoms with E-state index in [1.165, 1.54) is 23.7 Å². The molecule has 7 heterocycles. The number of alkyl halides is 2. The topological polar surface area (TPSA) is 63.7 Å². The Morgan fingerprint density at radius 1 is 1.03 bits per heavy atom. The number of piperidine rings is 1. The minimum absolute atomic E-state index is 0.320. The van der Waals surface area contributed by atoms with E-state index in [1.807, 2.05) is 24.4 Å². The minimum atomic E-state index is -2.68. The van der Waals surface area contributed by atoms with Gasteiger partial charge in [-0.2, -0.15) is 10.4 Å². The molecule has 1 aromatic carbocycles. The number of hydrogen-bond acceptors (Lipinski definition) is 6. The van der Waals surface area contributed by atoms with Gasteiger partial charge >= 0.3 is 0 Å². The molecule has 0 saturated carbocycles. The zero-order chi connectivity index (χ0) is 26.7. The van der Waals surface area contributed by atoms with Crippen LogP contribution >= 0.6 is 0 Å². The Hall–Kier alpha value is -4.03. The maximum atomic E-state index is 13.6. The van der Waals surface area contributed by atoms with E-state index < -0.39 is 5.92 Å². The average molecular weight is 526 g/mol. The molecule has 4 aliphatic heterocycles. The van der Waals surface area contributed by atoms with Crippen LogP contribution in [0.4, 0.5) is 20.3 Å². The molecule has 4 aliphatic rings. The zero-order valence-electron chi connectivity index (χ0n) is 21.8. The number of anilines is 2. The molecular formula is C30H29F2N7. The van der Waals surface area contributed by atoms with Crippen LogP contribution in [0.25, 0.3) is 16.6 Å². The van der Waals surface area contributed by atoms with Crippen LogP contribution in [0.15, 0.2) is 61.1 Å². The third-order valence-electron chi connectivity index (χ3n) is 8.51. The molecular weight excluding hydrogens is 496 g/mol. The van der Waals surface area contributed by atoms with Gasteiger partial charge in [-0.25, -0.2) is 18.3 Å². The number of pyridine rings is 2. The van der Waals surface area contributed by atoms with Gasteiger partial charge in [-0.3, -0.25) is 4.90 Å². The summed E-state index contributed by atoms with van der Waals surface area (Å²) in [6, 6.07) is 17.9. The predicted molar refractivity (Wildman–Crippen MR) is 146 cm³/mol. The molecule has 9 heteroatoms. The Morgan fingerprint density at radius 3 is 2.46 bits per heavy atom. The molecule has 0 spiro atoms. The van der Waals surface area contributed by atoms with E-state index in [4.69, 9.17) is 4.98 Å². The fraction of sp³-hybridized carbons (Fsp3) is 0.367. The smallest absolute Gasteiger partial charge is 0.282 e. The zero-order valence-corrected chi connectivity index (χ0v) is 21.8. The first kappa shape index (κ1) is 24.0. The summed E-state index contributed by atoms with van der Waals surface area (Å²) in [4.78, 5) is 11.4. The van der Waals surface area contributed by atoms with Crippen LogP contribution < -0.4 is 9.80 Å². The fourth-order valence-corrected chi connectivity index (χ4v) is 6.40. The van der Waals surface area contributed by atoms with Crippen molar-refractivity contribution in [1.29, 1.82) is 5.26 Å². The van der Waals surface area contributed by atoms with Crippen LogP contribution in [0.2, 0.25) is 0 Å². The quantitative estimate of drug-likeness (QED) is 0.362. The second-order valence-electron chi connectivity index (χ2n) is 10.9. The van der Waals surface area contributed by atoms with Crippen molar-refractivity contribution in [1.82, 2.24) is 19.5 Å². The minimum Gasteiger partial charge on any atom is -0.358 e. The van der Waals surface area contributed by atoms with Crippen LogP contribution in [-0.2, 0) is 13.0 Å². The van der Waals surface area contributed by atoms with E-state index in [0.717, 1.165) is 43.0 Å². The van der Waals surface area contributed by atoms with Gasteiger partial charge in [0.15, 0.2) is 0 Å². The molecule has 3 aromatic heterocycles. The SMILES string of the molecule is CCc1ccccc1CN1C2CC1CN(c1ccc(-c3cc(N4CC(F)(F)C4)cn4ncc(C#N)c34)cn1)C2. The summed E-state index contributed by atoms with van der Waals surface area (Å²) in [7, 11) is 0. The molecule has 0 N–H and O–H groups in total. The van der Waals surface area contributed by atoms with Gasteiger partial charge in [0.05, 0.1) is 42.3 Å². The average Bonchev–Trinajstić information content (AvgIpc) is 3.37. The van der Waals surface area contributed by atoms with Gasteiger partial charge in [0, 0.05) is 49.0 Å². The lowest BCUT2D eigenvalue weighted by atomic mass is 9.86. The number of nitrogens with zero attached hydrogens (tertiary/aromatic N) is 7. The molecule has 4 aromatic rings. The highest BCUT2D eigenvalue weighted by atomic mass is 19.3. The molecule has 2 unspecified atom stereocenters. The van der Waals surface area contributed by atoms with E-state index >= 15 is 0 Å². The Balaban J connectivity index is 1.12. The van der Waals surface area contributed by atoms with Gasteiger partial charge in [-0.05, 0) is 42.2 Å². The van der Waals surface area contributed by atoms with Crippen molar-refractivity contribution in [3.63, 3.8) is 0 Å². The number of benzene rings is 1. The normalized spacial score (nSPS) is 21.9. The molecule has 4 fully saturated rings. The number of hydrogen-bond donors (Lipinski definition) is 0. The van der Waals surface area contributed by atoms with E-state index in [0.29, 0.717) is 28.9 Å². The van der Waals surface area contributed by atoms with Gasteiger partial charge in [-0.15, -0.1) is 0 Å². The Morgan fingerprint density at radius 2 is 1.79 bits per heavy atom. The number of nitriles is 1. The third kappa shape index (κ3) is 4.10. The Labute approximate surface area is 225 Å². The summed E-state index contributed by atoms with van der Waals surface area (Å²) < 4.78 is 28.7. The standard InChI is InChI=1S/C30H29F2N7/c1-2-20-5-3-4-6-22(20)14-38-25-9-26(38)16-36(15-25)28-8-7-21(12-34-28)27-10-24(37-18-30(31,32)19-37)17-39-29(27)23(11-33)13-35-39/h3-8,10,12-13,17,25-26H,2,9,14-16,18-19H2,1H3. The van der Waals surface area contributed by atoms with Crippen molar-refractivity contribution >= 4 is 17.0 Å². The van der Waals surface area contributed by atoms with Crippen LogP contribution in [0, 0.1) is 11.3 Å². The second-order valence-corrected chi connectivity index (χ2v) is 10.9. The predicted octanol–water partition coefficient (Wildman–Crippen LogP) is 4.75. The number of rotatable bonds is 6. The van der Waals surface area contributed by atoms with E-state index in [9.17, 15) is 14.0 Å². The van der Waals surface area contributed by atoms with Gasteiger partial charge in [0.1, 0.15) is 11.9 Å². The maximum Gasteiger partial charge on any atom is 0.282 e. The van der Waals surface area contributed by atoms with E-state index in [1.54, 1.807) is 15.6 Å². The Bertz CT molecular complexity index is 1570. The van der Waals surface area contributed by atoms with Crippen molar-refractivity contribution in [2.24, 2.45) is 0 Å². The number of aryl methyl sites for hydroxylation is 1. The van der Waals surface area contributed by atoms with Crippen LogP contribution in [-0.4, -0.2) is 63.7 Å². The van der Waals surface area contributed by atoms with Crippen molar-refractivity contribution in [2.75, 3.05) is 36.0 Å². The molecule has 4 saturated heterocycles. The second kappa shape index (κ2) is 9.02. The van der Waals surface area contributed by atoms with Gasteiger partial charge in [0.2, 0.25) is 0 Å². The number of halogens is 2. The summed E-state index contributed by atoms with van der Waals surface area (Å²) >= 11 is 0. The van der Waals surface area contributed by atoms with Crippen LogP contribution in [0.1, 0.15) is 30.0 Å². The molecule has 8 rings (SSSR count). The number of aromatic nitrogens is 3. The molecule has 0 amide bonds. The lowest BCUT2D eigenvalue weighted by Crippen LogP contribution is -2.68. The van der Waals surface area contributed by atoms with Crippen molar-refractivity contribution in [3.05, 3.63) is 77.7 Å². The molecule has 198 valence electrons. The van der Waals surface area contributed by atoms with E-state index in [2.05, 4.69) is 52.2 Å². The fourth-order valence-electron chi connectivity index (χ4n) is 6.40. The van der Waals surface area contributed by atoms with Gasteiger partial charge in [0.25, 0.3) is 5.92 Å². The van der Waals surface area contributed by atoms with Crippen molar-refractivity contribution in [3.8, 4) is 17.2 Å².